The van der Waals surface area contributed by atoms with Crippen LogP contribution in [0.2, 0.25) is 5.02 Å². The van der Waals surface area contributed by atoms with Crippen LogP contribution in [0, 0.1) is 14.9 Å². The molecule has 3 heteroatoms. The van der Waals surface area contributed by atoms with Crippen LogP contribution < -0.4 is 0 Å². The first-order valence-corrected chi connectivity index (χ1v) is 5.46. The van der Waals surface area contributed by atoms with Crippen LogP contribution in [0.5, 0.6) is 0 Å². The summed E-state index contributed by atoms with van der Waals surface area (Å²) in [5.41, 5.74) is 0.700. The lowest BCUT2D eigenvalue weighted by molar-refractivity contribution is 1.49. The minimum absolute atomic E-state index is 0.698. The predicted molar refractivity (Wildman–Crippen MR) is 66.4 cm³/mol. The summed E-state index contributed by atoms with van der Waals surface area (Å²) >= 11 is 8.20. The van der Waals surface area contributed by atoms with Gasteiger partial charge in [-0.2, -0.15) is 5.26 Å². The maximum atomic E-state index is 9.01. The van der Waals surface area contributed by atoms with Crippen molar-refractivity contribution < 1.29 is 0 Å². The van der Waals surface area contributed by atoms with Crippen molar-refractivity contribution >= 4 is 45.0 Å². The van der Waals surface area contributed by atoms with Gasteiger partial charge in [0.05, 0.1) is 5.56 Å². The third kappa shape index (κ3) is 1.47. The number of hydrogen-bond acceptors (Lipinski definition) is 1. The van der Waals surface area contributed by atoms with E-state index in [-0.39, 0.29) is 0 Å². The molecular weight excluding hydrogens is 308 g/mol. The third-order valence-electron chi connectivity index (χ3n) is 2.06. The summed E-state index contributed by atoms with van der Waals surface area (Å²) in [4.78, 5) is 0. The minimum atomic E-state index is 0.698. The van der Waals surface area contributed by atoms with E-state index in [1.807, 2.05) is 30.3 Å². The molecule has 0 saturated carbocycles. The van der Waals surface area contributed by atoms with Gasteiger partial charge in [0, 0.05) is 19.4 Å². The summed E-state index contributed by atoms with van der Waals surface area (Å²) in [6.45, 7) is 0. The summed E-state index contributed by atoms with van der Waals surface area (Å²) in [6.07, 6.45) is 0. The molecule has 0 spiro atoms. The smallest absolute Gasteiger partial charge is 0.101 e. The molecule has 14 heavy (non-hydrogen) atoms. The van der Waals surface area contributed by atoms with Gasteiger partial charge in [-0.05, 0) is 28.7 Å². The van der Waals surface area contributed by atoms with E-state index in [4.69, 9.17) is 16.9 Å². The highest BCUT2D eigenvalue weighted by atomic mass is 127. The Morgan fingerprint density at radius 1 is 1.21 bits per heavy atom. The zero-order valence-electron chi connectivity index (χ0n) is 7.09. The molecule has 1 nitrogen and oxygen atoms in total. The molecule has 2 rings (SSSR count). The number of benzene rings is 2. The first-order chi connectivity index (χ1) is 6.74. The molecular formula is C11H5ClIN. The van der Waals surface area contributed by atoms with Crippen molar-refractivity contribution in [2.24, 2.45) is 0 Å². The Bertz CT molecular complexity index is 543. The van der Waals surface area contributed by atoms with E-state index in [1.54, 1.807) is 0 Å². The Morgan fingerprint density at radius 2 is 1.86 bits per heavy atom. The lowest BCUT2D eigenvalue weighted by Gasteiger charge is -2.04. The number of fused-ring (bicyclic) bond motifs is 1. The quantitative estimate of drug-likeness (QED) is 0.675. The Hall–Kier alpha value is -0.790. The summed E-state index contributed by atoms with van der Waals surface area (Å²) in [5.74, 6) is 0. The maximum Gasteiger partial charge on any atom is 0.101 e. The highest BCUT2D eigenvalue weighted by Crippen LogP contribution is 2.29. The molecule has 0 radical (unpaired) electrons. The average molecular weight is 314 g/mol. The SMILES string of the molecule is N#Cc1c(I)cc(Cl)c2ccccc12. The fourth-order valence-corrected chi connectivity index (χ4v) is 2.59. The van der Waals surface area contributed by atoms with Crippen molar-refractivity contribution in [1.82, 2.24) is 0 Å². The maximum absolute atomic E-state index is 9.01. The second-order valence-electron chi connectivity index (χ2n) is 2.87. The number of halogens is 2. The molecule has 0 bridgehead atoms. The number of nitriles is 1. The van der Waals surface area contributed by atoms with Crippen molar-refractivity contribution in [3.63, 3.8) is 0 Å². The largest absolute Gasteiger partial charge is 0.192 e. The van der Waals surface area contributed by atoms with Crippen LogP contribution in [0.25, 0.3) is 10.8 Å². The zero-order valence-corrected chi connectivity index (χ0v) is 10.0. The van der Waals surface area contributed by atoms with E-state index in [9.17, 15) is 0 Å². The second kappa shape index (κ2) is 3.76. The van der Waals surface area contributed by atoms with Crippen molar-refractivity contribution in [3.05, 3.63) is 44.5 Å². The van der Waals surface area contributed by atoms with Gasteiger partial charge in [-0.1, -0.05) is 35.9 Å². The molecule has 0 saturated heterocycles. The fraction of sp³-hybridized carbons (Fsp3) is 0. The van der Waals surface area contributed by atoms with Gasteiger partial charge in [-0.3, -0.25) is 0 Å². The van der Waals surface area contributed by atoms with Crippen LogP contribution in [0.3, 0.4) is 0 Å². The monoisotopic (exact) mass is 313 g/mol. The van der Waals surface area contributed by atoms with Gasteiger partial charge in [0.25, 0.3) is 0 Å². The van der Waals surface area contributed by atoms with Crippen LogP contribution in [0.15, 0.2) is 30.3 Å². The molecule has 0 aliphatic carbocycles. The highest BCUT2D eigenvalue weighted by molar-refractivity contribution is 14.1. The zero-order chi connectivity index (χ0) is 10.1. The van der Waals surface area contributed by atoms with E-state index in [1.165, 1.54) is 0 Å². The van der Waals surface area contributed by atoms with Crippen LogP contribution >= 0.6 is 34.2 Å². The Morgan fingerprint density at radius 3 is 2.50 bits per heavy atom. The van der Waals surface area contributed by atoms with Gasteiger partial charge in [0.2, 0.25) is 0 Å². The summed E-state index contributed by atoms with van der Waals surface area (Å²) in [6, 6.07) is 11.7. The molecule has 0 amide bonds. The molecule has 0 fully saturated rings. The lowest BCUT2D eigenvalue weighted by Crippen LogP contribution is -1.85. The van der Waals surface area contributed by atoms with E-state index >= 15 is 0 Å². The molecule has 0 aliphatic heterocycles. The normalized spacial score (nSPS) is 10.1. The number of hydrogen-bond donors (Lipinski definition) is 0. The van der Waals surface area contributed by atoms with Gasteiger partial charge in [0.1, 0.15) is 6.07 Å². The molecule has 0 heterocycles. The van der Waals surface area contributed by atoms with E-state index in [2.05, 4.69) is 28.7 Å². The summed E-state index contributed by atoms with van der Waals surface area (Å²) < 4.78 is 0.897. The van der Waals surface area contributed by atoms with Gasteiger partial charge in [0.15, 0.2) is 0 Å². The standard InChI is InChI=1S/C11H5ClIN/c12-10-5-11(13)9(6-14)7-3-1-2-4-8(7)10/h1-5H. The van der Waals surface area contributed by atoms with Crippen molar-refractivity contribution in [3.8, 4) is 6.07 Å². The van der Waals surface area contributed by atoms with Crippen molar-refractivity contribution in [2.75, 3.05) is 0 Å². The van der Waals surface area contributed by atoms with Crippen LogP contribution in [0.1, 0.15) is 5.56 Å². The van der Waals surface area contributed by atoms with Gasteiger partial charge in [-0.15, -0.1) is 0 Å². The van der Waals surface area contributed by atoms with Gasteiger partial charge in [-0.25, -0.2) is 0 Å². The first-order valence-electron chi connectivity index (χ1n) is 4.01. The molecule has 0 unspecified atom stereocenters. The topological polar surface area (TPSA) is 23.8 Å². The Balaban J connectivity index is 3.00. The van der Waals surface area contributed by atoms with Crippen molar-refractivity contribution in [1.29, 1.82) is 5.26 Å². The molecule has 0 aliphatic rings. The molecule has 2 aromatic carbocycles. The average Bonchev–Trinajstić information content (AvgIpc) is 2.18. The molecule has 2 aromatic rings. The first kappa shape index (κ1) is 9.75. The predicted octanol–water partition coefficient (Wildman–Crippen LogP) is 3.97. The second-order valence-corrected chi connectivity index (χ2v) is 4.44. The molecule has 0 N–H and O–H groups in total. The number of rotatable bonds is 0. The van der Waals surface area contributed by atoms with Gasteiger partial charge >= 0.3 is 0 Å². The minimum Gasteiger partial charge on any atom is -0.192 e. The van der Waals surface area contributed by atoms with E-state index in [0.29, 0.717) is 10.6 Å². The lowest BCUT2D eigenvalue weighted by atomic mass is 10.1. The number of nitrogens with zero attached hydrogens (tertiary/aromatic N) is 1. The molecule has 68 valence electrons. The Kier molecular flexibility index (Phi) is 2.62. The Labute approximate surface area is 100 Å². The fourth-order valence-electron chi connectivity index (χ4n) is 1.41. The molecule has 0 atom stereocenters. The van der Waals surface area contributed by atoms with Gasteiger partial charge < -0.3 is 0 Å². The van der Waals surface area contributed by atoms with Crippen molar-refractivity contribution in [2.45, 2.75) is 0 Å². The molecule has 0 aromatic heterocycles. The summed E-state index contributed by atoms with van der Waals surface area (Å²) in [7, 11) is 0. The van der Waals surface area contributed by atoms with E-state index in [0.717, 1.165) is 14.3 Å². The third-order valence-corrected chi connectivity index (χ3v) is 3.22. The van der Waals surface area contributed by atoms with Crippen LogP contribution in [-0.2, 0) is 0 Å². The van der Waals surface area contributed by atoms with Crippen LogP contribution in [0.4, 0.5) is 0 Å². The summed E-state index contributed by atoms with van der Waals surface area (Å²) in [5, 5.41) is 11.6. The van der Waals surface area contributed by atoms with Crippen LogP contribution in [-0.4, -0.2) is 0 Å². The van der Waals surface area contributed by atoms with E-state index < -0.39 is 0 Å². The highest BCUT2D eigenvalue weighted by Gasteiger charge is 2.07.